The van der Waals surface area contributed by atoms with E-state index in [4.69, 9.17) is 4.74 Å². The third-order valence-corrected chi connectivity index (χ3v) is 9.18. The Morgan fingerprint density at radius 1 is 1.02 bits per heavy atom. The summed E-state index contributed by atoms with van der Waals surface area (Å²) in [6, 6.07) is 14.2. The molecule has 10 heteroatoms. The first-order valence-corrected chi connectivity index (χ1v) is 15.9. The molecular weight excluding hydrogens is 570 g/mol. The van der Waals surface area contributed by atoms with E-state index in [1.54, 1.807) is 22.8 Å². The summed E-state index contributed by atoms with van der Waals surface area (Å²) in [5, 5.41) is 12.6. The minimum absolute atomic E-state index is 0.0694. The zero-order valence-electron chi connectivity index (χ0n) is 26.1. The van der Waals surface area contributed by atoms with E-state index in [9.17, 15) is 19.6 Å². The van der Waals surface area contributed by atoms with Crippen molar-refractivity contribution in [3.8, 4) is 5.75 Å². The highest BCUT2D eigenvalue weighted by molar-refractivity contribution is 5.98. The number of pyridine rings is 2. The number of amides is 3. The van der Waals surface area contributed by atoms with Crippen molar-refractivity contribution < 1.29 is 24.3 Å². The third kappa shape index (κ3) is 7.86. The zero-order chi connectivity index (χ0) is 31.8. The number of hydrogen-bond donors (Lipinski definition) is 3. The van der Waals surface area contributed by atoms with Crippen molar-refractivity contribution in [2.24, 2.45) is 5.92 Å². The summed E-state index contributed by atoms with van der Waals surface area (Å²) in [6.07, 6.45) is 9.49. The number of benzene rings is 1. The van der Waals surface area contributed by atoms with Crippen LogP contribution in [0.1, 0.15) is 79.4 Å². The van der Waals surface area contributed by atoms with Crippen molar-refractivity contribution in [3.05, 3.63) is 89.0 Å². The van der Waals surface area contributed by atoms with Crippen LogP contribution in [0.4, 0.5) is 0 Å². The lowest BCUT2D eigenvalue weighted by molar-refractivity contribution is -0.145. The number of likely N-dealkylation sites (tertiary alicyclic amines) is 1. The Kier molecular flexibility index (Phi) is 10.4. The smallest absolute Gasteiger partial charge is 0.266 e. The summed E-state index contributed by atoms with van der Waals surface area (Å²) in [6.45, 7) is 4.89. The number of nitrogens with zero attached hydrogens (tertiary/aromatic N) is 3. The van der Waals surface area contributed by atoms with Crippen LogP contribution in [0.3, 0.4) is 0 Å². The lowest BCUT2D eigenvalue weighted by atomic mass is 9.75. The SMILES string of the molecule is Cc1cc(COc2ccc(C3(CC(=O)NCc4ccncc4)CCN(C(CC4CCCCC4)C(=O)NO)C3=O)cc2)cc(C)n1. The molecule has 2 aliphatic rings. The van der Waals surface area contributed by atoms with Gasteiger partial charge >= 0.3 is 0 Å². The van der Waals surface area contributed by atoms with E-state index < -0.39 is 17.4 Å². The molecule has 1 aromatic carbocycles. The van der Waals surface area contributed by atoms with Crippen LogP contribution in [-0.4, -0.2) is 50.4 Å². The number of ether oxygens (including phenoxy) is 1. The van der Waals surface area contributed by atoms with Crippen molar-refractivity contribution >= 4 is 17.7 Å². The topological polar surface area (TPSA) is 134 Å². The van der Waals surface area contributed by atoms with E-state index in [0.29, 0.717) is 49.8 Å². The predicted molar refractivity (Wildman–Crippen MR) is 168 cm³/mol. The van der Waals surface area contributed by atoms with Crippen molar-refractivity contribution in [1.82, 2.24) is 25.7 Å². The summed E-state index contributed by atoms with van der Waals surface area (Å²) < 4.78 is 6.05. The highest BCUT2D eigenvalue weighted by atomic mass is 16.5. The van der Waals surface area contributed by atoms with Gasteiger partial charge < -0.3 is 15.0 Å². The second kappa shape index (κ2) is 14.6. The van der Waals surface area contributed by atoms with Crippen LogP contribution in [0.15, 0.2) is 60.9 Å². The average Bonchev–Trinajstić information content (AvgIpc) is 3.37. The van der Waals surface area contributed by atoms with E-state index in [0.717, 1.165) is 48.2 Å². The van der Waals surface area contributed by atoms with Gasteiger partial charge in [-0.25, -0.2) is 5.48 Å². The van der Waals surface area contributed by atoms with Crippen LogP contribution < -0.4 is 15.5 Å². The van der Waals surface area contributed by atoms with Crippen LogP contribution in [0.2, 0.25) is 0 Å². The standard InChI is InChI=1S/C35H43N5O5/c1-24-18-28(19-25(2)38-24)23-45-30-10-8-29(9-11-30)35(21-32(41)37-22-27-12-15-36-16-13-27)14-17-40(34(35)43)31(33(42)39-44)20-26-6-4-3-5-7-26/h8-13,15-16,18-19,26,31,44H,3-7,14,17,20-23H2,1-2H3,(H,37,41)(H,39,42). The van der Waals surface area contributed by atoms with E-state index in [1.807, 2.05) is 62.4 Å². The summed E-state index contributed by atoms with van der Waals surface area (Å²) in [4.78, 5) is 50.8. The molecule has 2 aromatic heterocycles. The lowest BCUT2D eigenvalue weighted by Gasteiger charge is -2.33. The number of hydroxylamine groups is 1. The Balaban J connectivity index is 1.38. The van der Waals surface area contributed by atoms with Crippen LogP contribution in [0, 0.1) is 19.8 Å². The van der Waals surface area contributed by atoms with Gasteiger partial charge in [-0.15, -0.1) is 0 Å². The predicted octanol–water partition coefficient (Wildman–Crippen LogP) is 4.69. The highest BCUT2D eigenvalue weighted by Gasteiger charge is 2.52. The van der Waals surface area contributed by atoms with E-state index in [1.165, 1.54) is 6.42 Å². The maximum atomic E-state index is 14.4. The van der Waals surface area contributed by atoms with Crippen molar-refractivity contribution in [2.45, 2.75) is 89.8 Å². The zero-order valence-corrected chi connectivity index (χ0v) is 26.1. The minimum Gasteiger partial charge on any atom is -0.489 e. The van der Waals surface area contributed by atoms with E-state index in [-0.39, 0.29) is 18.2 Å². The average molecular weight is 614 g/mol. The number of rotatable bonds is 12. The molecule has 0 bridgehead atoms. The molecule has 0 radical (unpaired) electrons. The molecule has 3 heterocycles. The van der Waals surface area contributed by atoms with Crippen molar-refractivity contribution in [1.29, 1.82) is 0 Å². The number of hydrogen-bond acceptors (Lipinski definition) is 7. The van der Waals surface area contributed by atoms with Gasteiger partial charge in [-0.3, -0.25) is 29.6 Å². The number of aryl methyl sites for hydroxylation is 2. The van der Waals surface area contributed by atoms with Gasteiger partial charge in [0, 0.05) is 43.3 Å². The Morgan fingerprint density at radius 2 is 1.71 bits per heavy atom. The molecule has 238 valence electrons. The summed E-state index contributed by atoms with van der Waals surface area (Å²) in [5.74, 6) is -0.182. The quantitative estimate of drug-likeness (QED) is 0.199. The molecule has 3 amide bonds. The van der Waals surface area contributed by atoms with Crippen LogP contribution >= 0.6 is 0 Å². The monoisotopic (exact) mass is 613 g/mol. The third-order valence-electron chi connectivity index (χ3n) is 9.18. The lowest BCUT2D eigenvalue weighted by Crippen LogP contribution is -2.51. The van der Waals surface area contributed by atoms with Crippen molar-refractivity contribution in [3.63, 3.8) is 0 Å². The maximum Gasteiger partial charge on any atom is 0.266 e. The molecule has 1 saturated heterocycles. The van der Waals surface area contributed by atoms with Crippen LogP contribution in [0.5, 0.6) is 5.75 Å². The molecule has 45 heavy (non-hydrogen) atoms. The summed E-state index contributed by atoms with van der Waals surface area (Å²) in [7, 11) is 0. The van der Waals surface area contributed by atoms with Gasteiger partial charge in [0.05, 0.1) is 5.41 Å². The Hall–Kier alpha value is -4.31. The molecule has 3 N–H and O–H groups in total. The molecule has 10 nitrogen and oxygen atoms in total. The molecule has 1 aliphatic carbocycles. The first-order valence-electron chi connectivity index (χ1n) is 15.9. The van der Waals surface area contributed by atoms with Gasteiger partial charge in [0.1, 0.15) is 18.4 Å². The molecule has 1 aliphatic heterocycles. The first kappa shape index (κ1) is 32.1. The Morgan fingerprint density at radius 3 is 2.38 bits per heavy atom. The van der Waals surface area contributed by atoms with E-state index in [2.05, 4.69) is 15.3 Å². The number of nitrogens with one attached hydrogen (secondary N) is 2. The van der Waals surface area contributed by atoms with Gasteiger partial charge in [0.25, 0.3) is 5.91 Å². The Bertz CT molecular complexity index is 1460. The molecule has 1 saturated carbocycles. The molecule has 5 rings (SSSR count). The van der Waals surface area contributed by atoms with Gasteiger partial charge in [-0.2, -0.15) is 0 Å². The Labute approximate surface area is 264 Å². The summed E-state index contributed by atoms with van der Waals surface area (Å²) in [5.41, 5.74) is 5.10. The van der Waals surface area contributed by atoms with Gasteiger partial charge in [0.15, 0.2) is 0 Å². The van der Waals surface area contributed by atoms with Gasteiger partial charge in [0.2, 0.25) is 11.8 Å². The second-order valence-corrected chi connectivity index (χ2v) is 12.4. The number of carbonyl (C=O) groups is 3. The fourth-order valence-corrected chi connectivity index (χ4v) is 6.89. The fraction of sp³-hybridized carbons (Fsp3) is 0.457. The van der Waals surface area contributed by atoms with E-state index >= 15 is 0 Å². The maximum absolute atomic E-state index is 14.4. The van der Waals surface area contributed by atoms with Crippen LogP contribution in [0.25, 0.3) is 0 Å². The van der Waals surface area contributed by atoms with Gasteiger partial charge in [-0.05, 0) is 85.7 Å². The number of carbonyl (C=O) groups excluding carboxylic acids is 3. The fourth-order valence-electron chi connectivity index (χ4n) is 6.89. The normalized spacial score (nSPS) is 19.3. The molecule has 2 fully saturated rings. The summed E-state index contributed by atoms with van der Waals surface area (Å²) >= 11 is 0. The first-order chi connectivity index (χ1) is 21.8. The molecule has 2 unspecified atom stereocenters. The second-order valence-electron chi connectivity index (χ2n) is 12.4. The van der Waals surface area contributed by atoms with Crippen molar-refractivity contribution in [2.75, 3.05) is 6.54 Å². The number of aromatic nitrogens is 2. The highest BCUT2D eigenvalue weighted by Crippen LogP contribution is 2.42. The largest absolute Gasteiger partial charge is 0.489 e. The molecule has 3 aromatic rings. The van der Waals surface area contributed by atoms with Gasteiger partial charge in [-0.1, -0.05) is 44.2 Å². The molecular formula is C35H43N5O5. The van der Waals surface area contributed by atoms with Crippen LogP contribution in [-0.2, 0) is 33.0 Å². The minimum atomic E-state index is -1.17. The molecule has 2 atom stereocenters. The molecule has 0 spiro atoms.